The smallest absolute Gasteiger partial charge is 0.337 e. The van der Waals surface area contributed by atoms with Crippen LogP contribution in [0, 0.1) is 5.92 Å². The van der Waals surface area contributed by atoms with Crippen LogP contribution in [0.25, 0.3) is 0 Å². The molecule has 2 rings (SSSR count). The standard InChI is InChI=1S/C12H16N2O4S2/c13-20(17,18)9-1-2-11(10(5-9)12(15)16)14-6-8-3-4-19-7-8/h1-2,5,8,14H,3-4,6-7H2,(H,15,16)(H2,13,17,18). The maximum atomic E-state index is 11.2. The van der Waals surface area contributed by atoms with E-state index < -0.39 is 16.0 Å². The topological polar surface area (TPSA) is 109 Å². The van der Waals surface area contributed by atoms with E-state index in [2.05, 4.69) is 5.32 Å². The van der Waals surface area contributed by atoms with Crippen LogP contribution in [-0.2, 0) is 10.0 Å². The summed E-state index contributed by atoms with van der Waals surface area (Å²) in [7, 11) is -3.90. The van der Waals surface area contributed by atoms with Gasteiger partial charge in [0.15, 0.2) is 0 Å². The molecule has 0 spiro atoms. The number of nitrogens with two attached hydrogens (primary N) is 1. The number of aromatic carboxylic acids is 1. The van der Waals surface area contributed by atoms with E-state index >= 15 is 0 Å². The SMILES string of the molecule is NS(=O)(=O)c1ccc(NCC2CCSC2)c(C(=O)O)c1. The van der Waals surface area contributed by atoms with Crippen molar-refractivity contribution in [1.82, 2.24) is 0 Å². The third-order valence-corrected chi connectivity index (χ3v) is 5.30. The van der Waals surface area contributed by atoms with Crippen molar-refractivity contribution < 1.29 is 18.3 Å². The number of carboxylic acid groups (broad SMARTS) is 1. The van der Waals surface area contributed by atoms with Crippen molar-refractivity contribution in [2.75, 3.05) is 23.4 Å². The Hall–Kier alpha value is -1.25. The van der Waals surface area contributed by atoms with Crippen LogP contribution in [0.4, 0.5) is 5.69 Å². The first-order valence-corrected chi connectivity index (χ1v) is 8.80. The van der Waals surface area contributed by atoms with Gasteiger partial charge in [-0.05, 0) is 42.0 Å². The number of benzene rings is 1. The predicted molar refractivity (Wildman–Crippen MR) is 78.7 cm³/mol. The molecule has 0 amide bonds. The second-order valence-electron chi connectivity index (χ2n) is 4.67. The van der Waals surface area contributed by atoms with E-state index in [1.54, 1.807) is 0 Å². The Morgan fingerprint density at radius 1 is 1.50 bits per heavy atom. The highest BCUT2D eigenvalue weighted by molar-refractivity contribution is 7.99. The van der Waals surface area contributed by atoms with Crippen LogP contribution in [-0.4, -0.2) is 37.5 Å². The largest absolute Gasteiger partial charge is 0.478 e. The predicted octanol–water partition coefficient (Wildman–Crippen LogP) is 1.20. The zero-order valence-electron chi connectivity index (χ0n) is 10.7. The molecular formula is C12H16N2O4S2. The molecule has 1 atom stereocenters. The van der Waals surface area contributed by atoms with Gasteiger partial charge in [0.05, 0.1) is 10.5 Å². The third-order valence-electron chi connectivity index (χ3n) is 3.16. The molecule has 8 heteroatoms. The molecule has 1 fully saturated rings. The van der Waals surface area contributed by atoms with Gasteiger partial charge in [-0.2, -0.15) is 11.8 Å². The van der Waals surface area contributed by atoms with E-state index in [1.807, 2.05) is 11.8 Å². The number of carboxylic acids is 1. The lowest BCUT2D eigenvalue weighted by Crippen LogP contribution is -2.17. The number of hydrogen-bond donors (Lipinski definition) is 3. The molecule has 20 heavy (non-hydrogen) atoms. The fourth-order valence-electron chi connectivity index (χ4n) is 2.03. The minimum Gasteiger partial charge on any atom is -0.478 e. The van der Waals surface area contributed by atoms with Gasteiger partial charge < -0.3 is 10.4 Å². The second-order valence-corrected chi connectivity index (χ2v) is 7.38. The number of rotatable bonds is 5. The molecule has 1 heterocycles. The van der Waals surface area contributed by atoms with Crippen LogP contribution < -0.4 is 10.5 Å². The van der Waals surface area contributed by atoms with Crippen molar-refractivity contribution in [3.05, 3.63) is 23.8 Å². The van der Waals surface area contributed by atoms with E-state index in [-0.39, 0.29) is 10.5 Å². The zero-order chi connectivity index (χ0) is 14.8. The van der Waals surface area contributed by atoms with Gasteiger partial charge in [-0.1, -0.05) is 0 Å². The Kier molecular flexibility index (Phi) is 4.56. The van der Waals surface area contributed by atoms with E-state index in [1.165, 1.54) is 12.1 Å². The molecule has 0 bridgehead atoms. The van der Waals surface area contributed by atoms with Gasteiger partial charge in [0.2, 0.25) is 10.0 Å². The summed E-state index contributed by atoms with van der Waals surface area (Å²) >= 11 is 1.88. The highest BCUT2D eigenvalue weighted by Gasteiger charge is 2.18. The lowest BCUT2D eigenvalue weighted by molar-refractivity contribution is 0.0697. The monoisotopic (exact) mass is 316 g/mol. The molecule has 0 saturated carbocycles. The number of nitrogens with one attached hydrogen (secondary N) is 1. The Morgan fingerprint density at radius 3 is 2.80 bits per heavy atom. The molecule has 0 aliphatic carbocycles. The van der Waals surface area contributed by atoms with Crippen LogP contribution in [0.5, 0.6) is 0 Å². The van der Waals surface area contributed by atoms with E-state index in [0.717, 1.165) is 24.0 Å². The molecule has 1 aromatic carbocycles. The summed E-state index contributed by atoms with van der Waals surface area (Å²) < 4.78 is 22.5. The number of hydrogen-bond acceptors (Lipinski definition) is 5. The molecule has 1 saturated heterocycles. The molecular weight excluding hydrogens is 300 g/mol. The van der Waals surface area contributed by atoms with Crippen molar-refractivity contribution in [3.63, 3.8) is 0 Å². The van der Waals surface area contributed by atoms with Crippen LogP contribution in [0.2, 0.25) is 0 Å². The average molecular weight is 316 g/mol. The molecule has 1 unspecified atom stereocenters. The lowest BCUT2D eigenvalue weighted by atomic mass is 10.1. The number of anilines is 1. The summed E-state index contributed by atoms with van der Waals surface area (Å²) in [6, 6.07) is 3.85. The van der Waals surface area contributed by atoms with Gasteiger partial charge in [0.25, 0.3) is 0 Å². The fraction of sp³-hybridized carbons (Fsp3) is 0.417. The average Bonchev–Trinajstić information content (AvgIpc) is 2.88. The Morgan fingerprint density at radius 2 is 2.25 bits per heavy atom. The minimum atomic E-state index is -3.90. The summed E-state index contributed by atoms with van der Waals surface area (Å²) in [5.41, 5.74) is 0.337. The van der Waals surface area contributed by atoms with Crippen molar-refractivity contribution in [2.45, 2.75) is 11.3 Å². The van der Waals surface area contributed by atoms with Gasteiger partial charge in [0.1, 0.15) is 0 Å². The molecule has 0 radical (unpaired) electrons. The zero-order valence-corrected chi connectivity index (χ0v) is 12.3. The number of primary sulfonamides is 1. The molecule has 6 nitrogen and oxygen atoms in total. The van der Waals surface area contributed by atoms with Gasteiger partial charge >= 0.3 is 5.97 Å². The molecule has 110 valence electrons. The summed E-state index contributed by atoms with van der Waals surface area (Å²) in [6.07, 6.45) is 1.11. The van der Waals surface area contributed by atoms with Crippen molar-refractivity contribution in [1.29, 1.82) is 0 Å². The van der Waals surface area contributed by atoms with E-state index in [9.17, 15) is 13.2 Å². The van der Waals surface area contributed by atoms with Crippen LogP contribution in [0.1, 0.15) is 16.8 Å². The van der Waals surface area contributed by atoms with Crippen molar-refractivity contribution in [3.8, 4) is 0 Å². The second kappa shape index (κ2) is 6.02. The summed E-state index contributed by atoms with van der Waals surface area (Å²) in [4.78, 5) is 11.0. The molecule has 1 aliphatic heterocycles. The van der Waals surface area contributed by atoms with Crippen LogP contribution >= 0.6 is 11.8 Å². The maximum absolute atomic E-state index is 11.2. The van der Waals surface area contributed by atoms with E-state index in [0.29, 0.717) is 18.2 Å². The summed E-state index contributed by atoms with van der Waals surface area (Å²) in [5.74, 6) is 1.52. The minimum absolute atomic E-state index is 0.0813. The maximum Gasteiger partial charge on any atom is 0.337 e. The first-order chi connectivity index (χ1) is 9.38. The third kappa shape index (κ3) is 3.65. The van der Waals surface area contributed by atoms with Crippen LogP contribution in [0.15, 0.2) is 23.1 Å². The Labute approximate surface area is 121 Å². The first-order valence-electron chi connectivity index (χ1n) is 6.09. The Balaban J connectivity index is 2.21. The van der Waals surface area contributed by atoms with Crippen LogP contribution in [0.3, 0.4) is 0 Å². The number of thioether (sulfide) groups is 1. The number of sulfonamides is 1. The molecule has 1 aliphatic rings. The molecule has 4 N–H and O–H groups in total. The fourth-order valence-corrected chi connectivity index (χ4v) is 3.85. The summed E-state index contributed by atoms with van der Waals surface area (Å²) in [6.45, 7) is 0.683. The van der Waals surface area contributed by atoms with Gasteiger partial charge in [0, 0.05) is 12.2 Å². The highest BCUT2D eigenvalue weighted by Crippen LogP contribution is 2.25. The Bertz CT molecular complexity index is 610. The molecule has 0 aromatic heterocycles. The van der Waals surface area contributed by atoms with Gasteiger partial charge in [-0.3, -0.25) is 0 Å². The lowest BCUT2D eigenvalue weighted by Gasteiger charge is -2.14. The van der Waals surface area contributed by atoms with Crippen molar-refractivity contribution in [2.24, 2.45) is 11.1 Å². The molecule has 1 aromatic rings. The van der Waals surface area contributed by atoms with Gasteiger partial charge in [-0.25, -0.2) is 18.4 Å². The summed E-state index contributed by atoms with van der Waals surface area (Å²) in [5, 5.41) is 17.3. The van der Waals surface area contributed by atoms with Gasteiger partial charge in [-0.15, -0.1) is 0 Å². The quantitative estimate of drug-likeness (QED) is 0.753. The van der Waals surface area contributed by atoms with Crippen molar-refractivity contribution >= 4 is 33.4 Å². The number of carbonyl (C=O) groups is 1. The normalized spacial score (nSPS) is 18.9. The highest BCUT2D eigenvalue weighted by atomic mass is 32.2. The first kappa shape index (κ1) is 15.1. The van der Waals surface area contributed by atoms with E-state index in [4.69, 9.17) is 10.2 Å².